The van der Waals surface area contributed by atoms with Gasteiger partial charge in [-0.25, -0.2) is 0 Å². The Morgan fingerprint density at radius 1 is 1.33 bits per heavy atom. The molecule has 4 nitrogen and oxygen atoms in total. The predicted molar refractivity (Wildman–Crippen MR) is 86.0 cm³/mol. The summed E-state index contributed by atoms with van der Waals surface area (Å²) < 4.78 is 5.43. The van der Waals surface area contributed by atoms with Crippen LogP contribution in [0.25, 0.3) is 0 Å². The minimum atomic E-state index is -0.498. The van der Waals surface area contributed by atoms with Gasteiger partial charge < -0.3 is 15.2 Å². The van der Waals surface area contributed by atoms with Crippen molar-refractivity contribution in [2.75, 3.05) is 39.8 Å². The van der Waals surface area contributed by atoms with Crippen molar-refractivity contribution in [2.24, 2.45) is 0 Å². The third kappa shape index (κ3) is 4.19. The zero-order chi connectivity index (χ0) is 15.2. The minimum Gasteiger partial charge on any atom is -0.496 e. The molecule has 0 aliphatic carbocycles. The van der Waals surface area contributed by atoms with E-state index in [4.69, 9.17) is 4.74 Å². The van der Waals surface area contributed by atoms with Gasteiger partial charge in [0.1, 0.15) is 5.75 Å². The Labute approximate surface area is 128 Å². The molecule has 1 fully saturated rings. The van der Waals surface area contributed by atoms with Crippen molar-refractivity contribution < 1.29 is 9.84 Å². The van der Waals surface area contributed by atoms with Crippen LogP contribution in [0.2, 0.25) is 0 Å². The molecule has 0 aromatic heterocycles. The lowest BCUT2D eigenvalue weighted by atomic mass is 9.94. The van der Waals surface area contributed by atoms with Gasteiger partial charge in [-0.3, -0.25) is 4.90 Å². The standard InChI is InChI=1S/C17H28N2O2/c1-4-13(2)14-5-6-17(21-3)15(11-14)16(20)12-19-9-7-18-8-10-19/h5-6,11,13,16,18,20H,4,7-10,12H2,1-3H3. The SMILES string of the molecule is CCC(C)c1ccc(OC)c(C(O)CN2CCNCC2)c1. The molecular formula is C17H28N2O2. The first-order valence-electron chi connectivity index (χ1n) is 7.94. The summed E-state index contributed by atoms with van der Waals surface area (Å²) in [6.07, 6.45) is 0.599. The number of aliphatic hydroxyl groups is 1. The molecular weight excluding hydrogens is 264 g/mol. The molecule has 0 amide bonds. The number of β-amino-alcohol motifs (C(OH)–C–C–N with tert-alkyl or cyclic N) is 1. The number of hydrogen-bond acceptors (Lipinski definition) is 4. The molecule has 2 atom stereocenters. The Bertz CT molecular complexity index is 444. The van der Waals surface area contributed by atoms with Crippen LogP contribution in [0.4, 0.5) is 0 Å². The molecule has 2 unspecified atom stereocenters. The van der Waals surface area contributed by atoms with E-state index in [1.165, 1.54) is 5.56 Å². The zero-order valence-electron chi connectivity index (χ0n) is 13.4. The third-order valence-corrected chi connectivity index (χ3v) is 4.43. The number of piperazine rings is 1. The lowest BCUT2D eigenvalue weighted by molar-refractivity contribution is 0.103. The fraction of sp³-hybridized carbons (Fsp3) is 0.647. The van der Waals surface area contributed by atoms with Gasteiger partial charge in [0, 0.05) is 38.3 Å². The minimum absolute atomic E-state index is 0.498. The maximum Gasteiger partial charge on any atom is 0.124 e. The van der Waals surface area contributed by atoms with E-state index in [9.17, 15) is 5.11 Å². The number of ether oxygens (including phenoxy) is 1. The Morgan fingerprint density at radius 2 is 2.05 bits per heavy atom. The molecule has 1 aromatic rings. The molecule has 2 rings (SSSR count). The summed E-state index contributed by atoms with van der Waals surface area (Å²) in [6.45, 7) is 9.05. The average molecular weight is 292 g/mol. The summed E-state index contributed by atoms with van der Waals surface area (Å²) >= 11 is 0. The van der Waals surface area contributed by atoms with Gasteiger partial charge in [0.25, 0.3) is 0 Å². The second kappa shape index (κ2) is 7.78. The Kier molecular flexibility index (Phi) is 6.03. The molecule has 0 radical (unpaired) electrons. The quantitative estimate of drug-likeness (QED) is 0.843. The number of nitrogens with zero attached hydrogens (tertiary/aromatic N) is 1. The first-order chi connectivity index (χ1) is 10.2. The molecule has 1 aromatic carbocycles. The second-order valence-electron chi connectivity index (χ2n) is 5.88. The van der Waals surface area contributed by atoms with E-state index in [1.54, 1.807) is 7.11 Å². The molecule has 1 aliphatic heterocycles. The van der Waals surface area contributed by atoms with E-state index in [0.717, 1.165) is 43.9 Å². The fourth-order valence-corrected chi connectivity index (χ4v) is 2.79. The number of methoxy groups -OCH3 is 1. The highest BCUT2D eigenvalue weighted by Crippen LogP contribution is 2.30. The van der Waals surface area contributed by atoms with E-state index < -0.39 is 6.10 Å². The van der Waals surface area contributed by atoms with Gasteiger partial charge in [0.2, 0.25) is 0 Å². The highest BCUT2D eigenvalue weighted by molar-refractivity contribution is 5.40. The van der Waals surface area contributed by atoms with Crippen LogP contribution in [0.15, 0.2) is 18.2 Å². The van der Waals surface area contributed by atoms with Gasteiger partial charge in [0.05, 0.1) is 13.2 Å². The molecule has 0 spiro atoms. The van der Waals surface area contributed by atoms with Gasteiger partial charge in [0.15, 0.2) is 0 Å². The molecule has 4 heteroatoms. The summed E-state index contributed by atoms with van der Waals surface area (Å²) in [5.41, 5.74) is 2.18. The van der Waals surface area contributed by atoms with Gasteiger partial charge in [-0.2, -0.15) is 0 Å². The normalized spacial score (nSPS) is 19.2. The topological polar surface area (TPSA) is 44.7 Å². The second-order valence-corrected chi connectivity index (χ2v) is 5.88. The van der Waals surface area contributed by atoms with Crippen molar-refractivity contribution >= 4 is 0 Å². The highest BCUT2D eigenvalue weighted by Gasteiger charge is 2.19. The summed E-state index contributed by atoms with van der Waals surface area (Å²) in [6, 6.07) is 6.20. The Hall–Kier alpha value is -1.10. The van der Waals surface area contributed by atoms with Gasteiger partial charge in [-0.1, -0.05) is 19.9 Å². The molecule has 2 N–H and O–H groups in total. The van der Waals surface area contributed by atoms with E-state index in [2.05, 4.69) is 36.2 Å². The number of hydrogen-bond donors (Lipinski definition) is 2. The number of aliphatic hydroxyl groups excluding tert-OH is 1. The van der Waals surface area contributed by atoms with Crippen molar-refractivity contribution in [1.29, 1.82) is 0 Å². The van der Waals surface area contributed by atoms with Crippen molar-refractivity contribution in [3.8, 4) is 5.75 Å². The van der Waals surface area contributed by atoms with Crippen LogP contribution in [0.5, 0.6) is 5.75 Å². The number of rotatable bonds is 6. The van der Waals surface area contributed by atoms with E-state index in [1.807, 2.05) is 6.07 Å². The van der Waals surface area contributed by atoms with Crippen LogP contribution in [0.1, 0.15) is 43.4 Å². The van der Waals surface area contributed by atoms with Gasteiger partial charge in [-0.15, -0.1) is 0 Å². The van der Waals surface area contributed by atoms with Crippen LogP contribution in [-0.2, 0) is 0 Å². The summed E-state index contributed by atoms with van der Waals surface area (Å²) in [5.74, 6) is 1.28. The Balaban J connectivity index is 2.14. The first-order valence-corrected chi connectivity index (χ1v) is 7.94. The molecule has 1 heterocycles. The lowest BCUT2D eigenvalue weighted by Gasteiger charge is -2.29. The monoisotopic (exact) mass is 292 g/mol. The molecule has 118 valence electrons. The third-order valence-electron chi connectivity index (χ3n) is 4.43. The Morgan fingerprint density at radius 3 is 2.67 bits per heavy atom. The van der Waals surface area contributed by atoms with Crippen molar-refractivity contribution in [1.82, 2.24) is 10.2 Å². The van der Waals surface area contributed by atoms with Crippen molar-refractivity contribution in [3.63, 3.8) is 0 Å². The van der Waals surface area contributed by atoms with Gasteiger partial charge in [-0.05, 0) is 30.0 Å². The van der Waals surface area contributed by atoms with Crippen molar-refractivity contribution in [3.05, 3.63) is 29.3 Å². The largest absolute Gasteiger partial charge is 0.496 e. The maximum absolute atomic E-state index is 10.6. The van der Waals surface area contributed by atoms with Crippen LogP contribution in [0, 0.1) is 0 Å². The van der Waals surface area contributed by atoms with Crippen LogP contribution in [0.3, 0.4) is 0 Å². The average Bonchev–Trinajstić information content (AvgIpc) is 2.54. The van der Waals surface area contributed by atoms with E-state index in [0.29, 0.717) is 12.5 Å². The van der Waals surface area contributed by atoms with Crippen LogP contribution in [-0.4, -0.2) is 49.8 Å². The molecule has 0 saturated carbocycles. The maximum atomic E-state index is 10.6. The smallest absolute Gasteiger partial charge is 0.124 e. The van der Waals surface area contributed by atoms with Crippen LogP contribution < -0.4 is 10.1 Å². The number of benzene rings is 1. The number of nitrogens with one attached hydrogen (secondary N) is 1. The van der Waals surface area contributed by atoms with Crippen molar-refractivity contribution in [2.45, 2.75) is 32.3 Å². The molecule has 1 aliphatic rings. The highest BCUT2D eigenvalue weighted by atomic mass is 16.5. The summed E-state index contributed by atoms with van der Waals surface area (Å²) in [5, 5.41) is 14.0. The summed E-state index contributed by atoms with van der Waals surface area (Å²) in [4.78, 5) is 2.30. The van der Waals surface area contributed by atoms with E-state index >= 15 is 0 Å². The van der Waals surface area contributed by atoms with Crippen LogP contribution >= 0.6 is 0 Å². The van der Waals surface area contributed by atoms with E-state index in [-0.39, 0.29) is 0 Å². The predicted octanol–water partition coefficient (Wildman–Crippen LogP) is 2.15. The lowest BCUT2D eigenvalue weighted by Crippen LogP contribution is -2.45. The zero-order valence-corrected chi connectivity index (χ0v) is 13.4. The van der Waals surface area contributed by atoms with Gasteiger partial charge >= 0.3 is 0 Å². The molecule has 21 heavy (non-hydrogen) atoms. The molecule has 1 saturated heterocycles. The summed E-state index contributed by atoms with van der Waals surface area (Å²) in [7, 11) is 1.67. The first kappa shape index (κ1) is 16.3. The molecule has 0 bridgehead atoms. The fourth-order valence-electron chi connectivity index (χ4n) is 2.79.